The van der Waals surface area contributed by atoms with E-state index in [9.17, 15) is 4.79 Å². The van der Waals surface area contributed by atoms with Crippen molar-refractivity contribution < 1.29 is 4.79 Å². The average molecular weight is 221 g/mol. The van der Waals surface area contributed by atoms with Crippen LogP contribution in [0.4, 0.5) is 0 Å². The molecule has 15 heavy (non-hydrogen) atoms. The lowest BCUT2D eigenvalue weighted by molar-refractivity contribution is -0.123. The molecule has 0 aromatic heterocycles. The van der Waals surface area contributed by atoms with Crippen molar-refractivity contribution in [3.63, 3.8) is 0 Å². The lowest BCUT2D eigenvalue weighted by atomic mass is 10.4. The van der Waals surface area contributed by atoms with E-state index >= 15 is 0 Å². The molecule has 1 aromatic rings. The summed E-state index contributed by atoms with van der Waals surface area (Å²) >= 11 is 1.50. The molecule has 0 saturated carbocycles. The van der Waals surface area contributed by atoms with Crippen molar-refractivity contribution in [1.29, 1.82) is 0 Å². The molecule has 0 spiro atoms. The van der Waals surface area contributed by atoms with E-state index in [4.69, 9.17) is 0 Å². The van der Waals surface area contributed by atoms with Gasteiger partial charge in [-0.15, -0.1) is 0 Å². The fourth-order valence-electron chi connectivity index (χ4n) is 1.06. The van der Waals surface area contributed by atoms with Gasteiger partial charge in [0.2, 0.25) is 0 Å². The number of thioether (sulfide) groups is 1. The predicted octanol–water partition coefficient (Wildman–Crippen LogP) is 2.77. The van der Waals surface area contributed by atoms with Crippen LogP contribution < -0.4 is 0 Å². The molecule has 3 heteroatoms. The van der Waals surface area contributed by atoms with Gasteiger partial charge >= 0.3 is 0 Å². The Labute approximate surface area is 95.0 Å². The van der Waals surface area contributed by atoms with E-state index in [0.29, 0.717) is 0 Å². The minimum atomic E-state index is 0.0475. The molecule has 1 rings (SSSR count). The van der Waals surface area contributed by atoms with Crippen LogP contribution >= 0.6 is 11.8 Å². The second-order valence-corrected chi connectivity index (χ2v) is 4.38. The number of allylic oxidation sites excluding steroid dienone is 1. The standard InChI is InChI=1S/C12H15NOS/c1-4-11(12(14)13(2)3)15-10-8-6-5-7-9-10/h4-9H,1-3H3/b11-4+. The van der Waals surface area contributed by atoms with Gasteiger partial charge in [-0.1, -0.05) is 36.0 Å². The third-order valence-corrected chi connectivity index (χ3v) is 2.99. The zero-order valence-corrected chi connectivity index (χ0v) is 10.0. The molecule has 0 unspecified atom stereocenters. The molecule has 0 fully saturated rings. The zero-order valence-electron chi connectivity index (χ0n) is 9.23. The molecular formula is C12H15NOS. The summed E-state index contributed by atoms with van der Waals surface area (Å²) in [5.41, 5.74) is 0. The second-order valence-electron chi connectivity index (χ2n) is 3.27. The highest BCUT2D eigenvalue weighted by Crippen LogP contribution is 2.26. The van der Waals surface area contributed by atoms with Gasteiger partial charge < -0.3 is 4.90 Å². The highest BCUT2D eigenvalue weighted by molar-refractivity contribution is 8.04. The maximum Gasteiger partial charge on any atom is 0.259 e. The molecule has 1 amide bonds. The molecule has 0 aliphatic carbocycles. The molecule has 1 aromatic carbocycles. The average Bonchev–Trinajstić information content (AvgIpc) is 2.26. The molecule has 0 radical (unpaired) electrons. The van der Waals surface area contributed by atoms with Crippen LogP contribution in [0.25, 0.3) is 0 Å². The lowest BCUT2D eigenvalue weighted by Crippen LogP contribution is -2.22. The van der Waals surface area contributed by atoms with Gasteiger partial charge in [0.1, 0.15) is 0 Å². The SMILES string of the molecule is C/C=C(/Sc1ccccc1)C(=O)N(C)C. The fourth-order valence-corrected chi connectivity index (χ4v) is 2.00. The summed E-state index contributed by atoms with van der Waals surface area (Å²) in [4.78, 5) is 15.1. The maximum atomic E-state index is 11.7. The summed E-state index contributed by atoms with van der Waals surface area (Å²) in [5, 5.41) is 0. The van der Waals surface area contributed by atoms with Crippen LogP contribution in [0, 0.1) is 0 Å². The minimum absolute atomic E-state index is 0.0475. The van der Waals surface area contributed by atoms with Crippen molar-refractivity contribution in [2.75, 3.05) is 14.1 Å². The predicted molar refractivity (Wildman–Crippen MR) is 64.8 cm³/mol. The first-order valence-corrected chi connectivity index (χ1v) is 5.57. The fraction of sp³-hybridized carbons (Fsp3) is 0.250. The summed E-state index contributed by atoms with van der Waals surface area (Å²) in [6, 6.07) is 9.90. The Bertz CT molecular complexity index is 357. The Hall–Kier alpha value is -1.22. The van der Waals surface area contributed by atoms with Gasteiger partial charge in [0.15, 0.2) is 0 Å². The van der Waals surface area contributed by atoms with Gasteiger partial charge in [0.05, 0.1) is 4.91 Å². The summed E-state index contributed by atoms with van der Waals surface area (Å²) in [6.07, 6.45) is 1.85. The lowest BCUT2D eigenvalue weighted by Gasteiger charge is -2.12. The van der Waals surface area contributed by atoms with E-state index in [2.05, 4.69) is 0 Å². The summed E-state index contributed by atoms with van der Waals surface area (Å²) in [5.74, 6) is 0.0475. The molecule has 80 valence electrons. The number of hydrogen-bond donors (Lipinski definition) is 0. The van der Waals surface area contributed by atoms with Crippen LogP contribution in [0.15, 0.2) is 46.2 Å². The number of hydrogen-bond acceptors (Lipinski definition) is 2. The minimum Gasteiger partial charge on any atom is -0.344 e. The highest BCUT2D eigenvalue weighted by Gasteiger charge is 2.11. The molecule has 0 N–H and O–H groups in total. The van der Waals surface area contributed by atoms with Crippen LogP contribution in [0.3, 0.4) is 0 Å². The Morgan fingerprint density at radius 1 is 1.27 bits per heavy atom. The third-order valence-electron chi connectivity index (χ3n) is 1.85. The molecule has 0 aliphatic rings. The Kier molecular flexibility index (Phi) is 4.43. The van der Waals surface area contributed by atoms with E-state index in [1.807, 2.05) is 43.3 Å². The van der Waals surface area contributed by atoms with Gasteiger partial charge in [-0.05, 0) is 19.1 Å². The molecule has 0 atom stereocenters. The summed E-state index contributed by atoms with van der Waals surface area (Å²) in [6.45, 7) is 1.88. The smallest absolute Gasteiger partial charge is 0.259 e. The Balaban J connectivity index is 2.76. The van der Waals surface area contributed by atoms with Crippen molar-refractivity contribution in [2.24, 2.45) is 0 Å². The zero-order chi connectivity index (χ0) is 11.3. The third kappa shape index (κ3) is 3.44. The van der Waals surface area contributed by atoms with Crippen LogP contribution in [-0.4, -0.2) is 24.9 Å². The van der Waals surface area contributed by atoms with Crippen LogP contribution in [0.2, 0.25) is 0 Å². The van der Waals surface area contributed by atoms with E-state index in [0.717, 1.165) is 9.80 Å². The number of carbonyl (C=O) groups is 1. The summed E-state index contributed by atoms with van der Waals surface area (Å²) < 4.78 is 0. The van der Waals surface area contributed by atoms with E-state index in [-0.39, 0.29) is 5.91 Å². The number of nitrogens with zero attached hydrogens (tertiary/aromatic N) is 1. The first-order valence-electron chi connectivity index (χ1n) is 4.76. The highest BCUT2D eigenvalue weighted by atomic mass is 32.2. The van der Waals surface area contributed by atoms with Gasteiger partial charge in [0.25, 0.3) is 5.91 Å². The van der Waals surface area contributed by atoms with Gasteiger partial charge in [-0.3, -0.25) is 4.79 Å². The van der Waals surface area contributed by atoms with Crippen LogP contribution in [0.5, 0.6) is 0 Å². The number of likely N-dealkylation sites (N-methyl/N-ethyl adjacent to an activating group) is 1. The van der Waals surface area contributed by atoms with Crippen LogP contribution in [-0.2, 0) is 4.79 Å². The van der Waals surface area contributed by atoms with Gasteiger partial charge in [-0.2, -0.15) is 0 Å². The van der Waals surface area contributed by atoms with Crippen LogP contribution in [0.1, 0.15) is 6.92 Å². The molecule has 0 heterocycles. The monoisotopic (exact) mass is 221 g/mol. The van der Waals surface area contributed by atoms with Gasteiger partial charge in [-0.25, -0.2) is 0 Å². The normalized spacial score (nSPS) is 11.3. The second kappa shape index (κ2) is 5.61. The molecular weight excluding hydrogens is 206 g/mol. The number of carbonyl (C=O) groups excluding carboxylic acids is 1. The van der Waals surface area contributed by atoms with Crippen molar-refractivity contribution in [3.05, 3.63) is 41.3 Å². The summed E-state index contributed by atoms with van der Waals surface area (Å²) in [7, 11) is 3.52. The van der Waals surface area contributed by atoms with Crippen molar-refractivity contribution >= 4 is 17.7 Å². The molecule has 0 saturated heterocycles. The molecule has 0 bridgehead atoms. The molecule has 0 aliphatic heterocycles. The van der Waals surface area contributed by atoms with E-state index in [1.165, 1.54) is 11.8 Å². The first-order chi connectivity index (χ1) is 7.15. The topological polar surface area (TPSA) is 20.3 Å². The van der Waals surface area contributed by atoms with Crippen molar-refractivity contribution in [2.45, 2.75) is 11.8 Å². The van der Waals surface area contributed by atoms with Crippen molar-refractivity contribution in [3.8, 4) is 0 Å². The van der Waals surface area contributed by atoms with Gasteiger partial charge in [0, 0.05) is 19.0 Å². The largest absolute Gasteiger partial charge is 0.344 e. The number of benzene rings is 1. The first kappa shape index (κ1) is 11.9. The Morgan fingerprint density at radius 3 is 2.33 bits per heavy atom. The molecule has 2 nitrogen and oxygen atoms in total. The quantitative estimate of drug-likeness (QED) is 0.578. The number of rotatable bonds is 3. The Morgan fingerprint density at radius 2 is 1.87 bits per heavy atom. The number of amides is 1. The van der Waals surface area contributed by atoms with E-state index < -0.39 is 0 Å². The van der Waals surface area contributed by atoms with E-state index in [1.54, 1.807) is 19.0 Å². The maximum absolute atomic E-state index is 11.7. The van der Waals surface area contributed by atoms with Crippen molar-refractivity contribution in [1.82, 2.24) is 4.90 Å².